The Hall–Kier alpha value is -1.94. The van der Waals surface area contributed by atoms with Gasteiger partial charge in [0.1, 0.15) is 5.15 Å². The van der Waals surface area contributed by atoms with Gasteiger partial charge < -0.3 is 4.90 Å². The van der Waals surface area contributed by atoms with E-state index in [-0.39, 0.29) is 5.91 Å². The van der Waals surface area contributed by atoms with Crippen molar-refractivity contribution in [2.75, 3.05) is 11.9 Å². The molecule has 0 fully saturated rings. The zero-order chi connectivity index (χ0) is 12.3. The van der Waals surface area contributed by atoms with Crippen molar-refractivity contribution in [3.63, 3.8) is 0 Å². The van der Waals surface area contributed by atoms with Crippen LogP contribution in [0.25, 0.3) is 0 Å². The van der Waals surface area contributed by atoms with Crippen LogP contribution in [0.1, 0.15) is 10.4 Å². The van der Waals surface area contributed by atoms with Crippen LogP contribution in [0.3, 0.4) is 0 Å². The number of aromatic nitrogens is 2. The van der Waals surface area contributed by atoms with E-state index in [9.17, 15) is 4.79 Å². The van der Waals surface area contributed by atoms with Gasteiger partial charge in [0.05, 0.1) is 5.56 Å². The summed E-state index contributed by atoms with van der Waals surface area (Å²) in [4.78, 5) is 21.4. The molecule has 0 aromatic carbocycles. The molecule has 17 heavy (non-hydrogen) atoms. The van der Waals surface area contributed by atoms with Crippen LogP contribution in [0.4, 0.5) is 5.69 Å². The van der Waals surface area contributed by atoms with Crippen molar-refractivity contribution in [2.45, 2.75) is 0 Å². The first-order valence-electron chi connectivity index (χ1n) is 4.98. The lowest BCUT2D eigenvalue weighted by molar-refractivity contribution is 0.0992. The fraction of sp³-hybridized carbons (Fsp3) is 0.0833. The third-order valence-electron chi connectivity index (χ3n) is 2.33. The van der Waals surface area contributed by atoms with Gasteiger partial charge in [-0.2, -0.15) is 0 Å². The second-order valence-corrected chi connectivity index (χ2v) is 3.83. The molecule has 0 saturated carbocycles. The minimum Gasteiger partial charge on any atom is -0.311 e. The molecule has 0 aliphatic rings. The van der Waals surface area contributed by atoms with E-state index in [1.165, 1.54) is 11.1 Å². The van der Waals surface area contributed by atoms with Crippen LogP contribution in [-0.4, -0.2) is 22.9 Å². The maximum Gasteiger partial charge on any atom is 0.259 e. The Morgan fingerprint density at radius 2 is 1.94 bits per heavy atom. The Kier molecular flexibility index (Phi) is 3.35. The summed E-state index contributed by atoms with van der Waals surface area (Å²) in [6.07, 6.45) is 4.74. The molecule has 0 N–H and O–H groups in total. The van der Waals surface area contributed by atoms with Gasteiger partial charge in [-0.25, -0.2) is 4.98 Å². The van der Waals surface area contributed by atoms with Crippen molar-refractivity contribution >= 4 is 23.2 Å². The van der Waals surface area contributed by atoms with E-state index in [1.807, 2.05) is 0 Å². The summed E-state index contributed by atoms with van der Waals surface area (Å²) in [7, 11) is 1.70. The molecule has 0 atom stereocenters. The van der Waals surface area contributed by atoms with Crippen molar-refractivity contribution in [1.82, 2.24) is 9.97 Å². The maximum absolute atomic E-state index is 12.1. The first-order chi connectivity index (χ1) is 8.18. The highest BCUT2D eigenvalue weighted by Gasteiger charge is 2.13. The normalized spacial score (nSPS) is 10.0. The molecular formula is C12H10ClN3O. The zero-order valence-electron chi connectivity index (χ0n) is 9.17. The van der Waals surface area contributed by atoms with E-state index >= 15 is 0 Å². The zero-order valence-corrected chi connectivity index (χ0v) is 9.93. The summed E-state index contributed by atoms with van der Waals surface area (Å²) in [6.45, 7) is 0. The Morgan fingerprint density at radius 1 is 1.24 bits per heavy atom. The van der Waals surface area contributed by atoms with Gasteiger partial charge in [0.15, 0.2) is 0 Å². The third kappa shape index (κ3) is 2.60. The van der Waals surface area contributed by atoms with Crippen molar-refractivity contribution in [3.05, 3.63) is 53.6 Å². The van der Waals surface area contributed by atoms with E-state index in [0.29, 0.717) is 10.7 Å². The molecule has 2 rings (SSSR count). The fourth-order valence-electron chi connectivity index (χ4n) is 1.38. The number of amides is 1. The fourth-order valence-corrected chi connectivity index (χ4v) is 1.49. The molecule has 2 aromatic rings. The second kappa shape index (κ2) is 4.93. The van der Waals surface area contributed by atoms with E-state index in [2.05, 4.69) is 9.97 Å². The first kappa shape index (κ1) is 11.5. The summed E-state index contributed by atoms with van der Waals surface area (Å²) in [5, 5.41) is 0.369. The van der Waals surface area contributed by atoms with Gasteiger partial charge in [-0.05, 0) is 24.3 Å². The predicted octanol–water partition coefficient (Wildman–Crippen LogP) is 2.41. The van der Waals surface area contributed by atoms with Crippen LogP contribution in [-0.2, 0) is 0 Å². The predicted molar refractivity (Wildman–Crippen MR) is 66.2 cm³/mol. The SMILES string of the molecule is CN(C(=O)c1ccc(Cl)nc1)c1ccncc1. The molecule has 4 nitrogen and oxygen atoms in total. The molecular weight excluding hydrogens is 238 g/mol. The Morgan fingerprint density at radius 3 is 2.53 bits per heavy atom. The molecule has 0 bridgehead atoms. The van der Waals surface area contributed by atoms with Crippen LogP contribution in [0.15, 0.2) is 42.9 Å². The molecule has 5 heteroatoms. The number of anilines is 1. The lowest BCUT2D eigenvalue weighted by Gasteiger charge is -2.16. The highest BCUT2D eigenvalue weighted by atomic mass is 35.5. The van der Waals surface area contributed by atoms with Crippen molar-refractivity contribution in [1.29, 1.82) is 0 Å². The average molecular weight is 248 g/mol. The Bertz CT molecular complexity index is 513. The van der Waals surface area contributed by atoms with Crippen LogP contribution >= 0.6 is 11.6 Å². The molecule has 86 valence electrons. The number of halogens is 1. The van der Waals surface area contributed by atoms with Gasteiger partial charge in [-0.3, -0.25) is 9.78 Å². The summed E-state index contributed by atoms with van der Waals surface area (Å²) in [5.74, 6) is -0.139. The van der Waals surface area contributed by atoms with E-state index in [4.69, 9.17) is 11.6 Å². The topological polar surface area (TPSA) is 46.1 Å². The molecule has 0 spiro atoms. The molecule has 2 heterocycles. The summed E-state index contributed by atoms with van der Waals surface area (Å²) in [5.41, 5.74) is 1.27. The standard InChI is InChI=1S/C12H10ClN3O/c1-16(10-4-6-14-7-5-10)12(17)9-2-3-11(13)15-8-9/h2-8H,1H3. The monoisotopic (exact) mass is 247 g/mol. The smallest absolute Gasteiger partial charge is 0.259 e. The Balaban J connectivity index is 2.23. The molecule has 0 radical (unpaired) electrons. The molecule has 1 amide bonds. The van der Waals surface area contributed by atoms with Crippen molar-refractivity contribution in [3.8, 4) is 0 Å². The lowest BCUT2D eigenvalue weighted by atomic mass is 10.2. The molecule has 0 aliphatic heterocycles. The van der Waals surface area contributed by atoms with Gasteiger partial charge in [0.25, 0.3) is 5.91 Å². The van der Waals surface area contributed by atoms with E-state index in [1.54, 1.807) is 43.7 Å². The van der Waals surface area contributed by atoms with Crippen LogP contribution in [0.2, 0.25) is 5.15 Å². The second-order valence-electron chi connectivity index (χ2n) is 3.44. The molecule has 0 unspecified atom stereocenters. The number of hydrogen-bond acceptors (Lipinski definition) is 3. The molecule has 0 aliphatic carbocycles. The summed E-state index contributed by atoms with van der Waals surface area (Å²) in [6, 6.07) is 6.77. The quantitative estimate of drug-likeness (QED) is 0.766. The van der Waals surface area contributed by atoms with E-state index < -0.39 is 0 Å². The van der Waals surface area contributed by atoms with Gasteiger partial charge in [0, 0.05) is 31.3 Å². The number of hydrogen-bond donors (Lipinski definition) is 0. The Labute approximate surface area is 104 Å². The minimum absolute atomic E-state index is 0.139. The largest absolute Gasteiger partial charge is 0.311 e. The summed E-state index contributed by atoms with van der Waals surface area (Å²) >= 11 is 5.67. The van der Waals surface area contributed by atoms with Crippen molar-refractivity contribution < 1.29 is 4.79 Å². The molecule has 0 saturated heterocycles. The first-order valence-corrected chi connectivity index (χ1v) is 5.36. The summed E-state index contributed by atoms with van der Waals surface area (Å²) < 4.78 is 0. The minimum atomic E-state index is -0.139. The van der Waals surface area contributed by atoms with E-state index in [0.717, 1.165) is 5.69 Å². The highest BCUT2D eigenvalue weighted by molar-refractivity contribution is 6.29. The molecule has 2 aromatic heterocycles. The van der Waals surface area contributed by atoms with Crippen LogP contribution < -0.4 is 4.90 Å². The van der Waals surface area contributed by atoms with Crippen molar-refractivity contribution in [2.24, 2.45) is 0 Å². The van der Waals surface area contributed by atoms with Gasteiger partial charge in [-0.1, -0.05) is 11.6 Å². The number of carbonyl (C=O) groups is 1. The van der Waals surface area contributed by atoms with Gasteiger partial charge in [0.2, 0.25) is 0 Å². The van der Waals surface area contributed by atoms with Crippen LogP contribution in [0, 0.1) is 0 Å². The van der Waals surface area contributed by atoms with Crippen LogP contribution in [0.5, 0.6) is 0 Å². The number of carbonyl (C=O) groups excluding carboxylic acids is 1. The average Bonchev–Trinajstić information content (AvgIpc) is 2.39. The number of rotatable bonds is 2. The van der Waals surface area contributed by atoms with Gasteiger partial charge in [-0.15, -0.1) is 0 Å². The lowest BCUT2D eigenvalue weighted by Crippen LogP contribution is -2.26. The highest BCUT2D eigenvalue weighted by Crippen LogP contribution is 2.14. The maximum atomic E-state index is 12.1. The van der Waals surface area contributed by atoms with Gasteiger partial charge >= 0.3 is 0 Å². The number of pyridine rings is 2. The number of nitrogens with zero attached hydrogens (tertiary/aromatic N) is 3. The third-order valence-corrected chi connectivity index (χ3v) is 2.55.